The van der Waals surface area contributed by atoms with Crippen LogP contribution < -0.4 is 0 Å². The molecule has 10 aromatic carbocycles. The maximum absolute atomic E-state index is 7.16. The molecule has 0 aliphatic heterocycles. The van der Waals surface area contributed by atoms with Crippen LogP contribution in [0.25, 0.3) is 132 Å². The molecule has 308 valence electrons. The van der Waals surface area contributed by atoms with Gasteiger partial charge in [-0.2, -0.15) is 0 Å². The lowest BCUT2D eigenvalue weighted by atomic mass is 9.83. The molecule has 0 fully saturated rings. The van der Waals surface area contributed by atoms with Crippen LogP contribution in [0, 0.1) is 6.92 Å². The molecule has 0 N–H and O–H groups in total. The molecule has 0 spiro atoms. The molecule has 13 rings (SSSR count). The van der Waals surface area contributed by atoms with Gasteiger partial charge in [-0.3, -0.25) is 9.97 Å². The van der Waals surface area contributed by atoms with Crippen LogP contribution in [0.3, 0.4) is 0 Å². The van der Waals surface area contributed by atoms with E-state index in [-0.39, 0.29) is 0 Å². The number of aryl methyl sites for hydroxylation is 1. The zero-order valence-electron chi connectivity index (χ0n) is 36.2. The van der Waals surface area contributed by atoms with Gasteiger partial charge in [-0.05, 0) is 136 Å². The summed E-state index contributed by atoms with van der Waals surface area (Å²) in [5, 5.41) is 11.8. The maximum Gasteiger partial charge on any atom is 0.143 e. The molecule has 13 aromatic rings. The number of fused-ring (bicyclic) bond motifs is 7. The summed E-state index contributed by atoms with van der Waals surface area (Å²) in [6, 6.07) is 72.7. The van der Waals surface area contributed by atoms with Gasteiger partial charge in [0, 0.05) is 57.8 Å². The molecule has 0 saturated carbocycles. The number of hydrogen-bond acceptors (Lipinski definition) is 3. The molecule has 0 radical (unpaired) electrons. The molecule has 0 aliphatic rings. The Hall–Kier alpha value is -8.66. The fourth-order valence-corrected chi connectivity index (χ4v) is 10.7. The number of benzene rings is 10. The molecule has 3 aromatic heterocycles. The Morgan fingerprint density at radius 3 is 1.41 bits per heavy atom. The summed E-state index contributed by atoms with van der Waals surface area (Å²) >= 11 is 0. The lowest BCUT2D eigenvalue weighted by Gasteiger charge is -2.19. The van der Waals surface area contributed by atoms with Crippen LogP contribution in [-0.2, 0) is 0 Å². The lowest BCUT2D eigenvalue weighted by Crippen LogP contribution is -1.93. The topological polar surface area (TPSA) is 38.9 Å². The average molecular weight is 841 g/mol. The van der Waals surface area contributed by atoms with Gasteiger partial charge < -0.3 is 4.42 Å². The van der Waals surface area contributed by atoms with Crippen LogP contribution in [0.4, 0.5) is 0 Å². The molecule has 0 atom stereocenters. The second-order valence-electron chi connectivity index (χ2n) is 17.2. The molecule has 3 nitrogen and oxygen atoms in total. The van der Waals surface area contributed by atoms with Crippen LogP contribution in [0.2, 0.25) is 0 Å². The Kier molecular flexibility index (Phi) is 8.75. The van der Waals surface area contributed by atoms with Crippen LogP contribution >= 0.6 is 0 Å². The van der Waals surface area contributed by atoms with Crippen LogP contribution in [0.15, 0.2) is 229 Å². The van der Waals surface area contributed by atoms with Gasteiger partial charge in [0.05, 0.1) is 0 Å². The summed E-state index contributed by atoms with van der Waals surface area (Å²) in [4.78, 5) is 9.07. The Morgan fingerprint density at radius 2 is 0.803 bits per heavy atom. The van der Waals surface area contributed by atoms with Gasteiger partial charge in [-0.15, -0.1) is 0 Å². The Bertz CT molecular complexity index is 3940. The Labute approximate surface area is 381 Å². The van der Waals surface area contributed by atoms with Crippen LogP contribution in [-0.4, -0.2) is 9.97 Å². The highest BCUT2D eigenvalue weighted by molar-refractivity contribution is 6.28. The van der Waals surface area contributed by atoms with Crippen molar-refractivity contribution in [1.82, 2.24) is 9.97 Å². The molecular weight excluding hydrogens is 801 g/mol. The molecule has 0 unspecified atom stereocenters. The molecule has 66 heavy (non-hydrogen) atoms. The van der Waals surface area contributed by atoms with E-state index in [0.29, 0.717) is 0 Å². The van der Waals surface area contributed by atoms with Crippen molar-refractivity contribution >= 4 is 65.0 Å². The van der Waals surface area contributed by atoms with E-state index < -0.39 is 0 Å². The highest BCUT2D eigenvalue weighted by Gasteiger charge is 2.24. The summed E-state index contributed by atoms with van der Waals surface area (Å²) in [5.41, 5.74) is 16.7. The standard InChI is InChI=1S/C63H40N2O/c1-39-31-33-65-38-56(39)43-34-42(41-18-15-32-64-37-41)35-44(36-43)59-47-21-7-11-25-51(47)61(52-26-12-8-22-48(52)59)54-28-13-29-55-62-53(27-14-30-57(62)66-63(54)55)60-49-23-9-5-19-45(49)58(40-16-3-2-4-17-40)46-20-6-10-24-50(46)60/h2-38H,1H3. The summed E-state index contributed by atoms with van der Waals surface area (Å²) in [6.45, 7) is 2.15. The van der Waals surface area contributed by atoms with E-state index in [1.165, 1.54) is 70.9 Å². The summed E-state index contributed by atoms with van der Waals surface area (Å²) < 4.78 is 7.16. The quantitative estimate of drug-likeness (QED) is 0.157. The first-order chi connectivity index (χ1) is 32.7. The van der Waals surface area contributed by atoms with Crippen molar-refractivity contribution in [1.29, 1.82) is 0 Å². The van der Waals surface area contributed by atoms with Gasteiger partial charge >= 0.3 is 0 Å². The summed E-state index contributed by atoms with van der Waals surface area (Å²) in [5.74, 6) is 0. The largest absolute Gasteiger partial charge is 0.455 e. The number of nitrogens with zero attached hydrogens (tertiary/aromatic N) is 2. The van der Waals surface area contributed by atoms with E-state index in [2.05, 4.69) is 211 Å². The molecule has 0 saturated heterocycles. The number of pyridine rings is 2. The molecule has 0 aliphatic carbocycles. The predicted octanol–water partition coefficient (Wildman–Crippen LogP) is 17.3. The van der Waals surface area contributed by atoms with Crippen molar-refractivity contribution < 1.29 is 4.42 Å². The number of para-hydroxylation sites is 1. The van der Waals surface area contributed by atoms with Crippen molar-refractivity contribution in [3.8, 4) is 66.8 Å². The van der Waals surface area contributed by atoms with Crippen molar-refractivity contribution in [2.75, 3.05) is 0 Å². The van der Waals surface area contributed by atoms with Gasteiger partial charge in [0.2, 0.25) is 0 Å². The number of rotatable bonds is 6. The molecule has 3 heterocycles. The SMILES string of the molecule is Cc1ccncc1-c1cc(-c2cccnc2)cc(-c2c3ccccc3c(-c3cccc4c3oc3cccc(-c5c6ccccc6c(-c6ccccc6)c6ccccc56)c34)c3ccccc23)c1. The average Bonchev–Trinajstić information content (AvgIpc) is 3.77. The number of hydrogen-bond donors (Lipinski definition) is 0. The smallest absolute Gasteiger partial charge is 0.143 e. The van der Waals surface area contributed by atoms with Gasteiger partial charge in [0.25, 0.3) is 0 Å². The fraction of sp³-hybridized carbons (Fsp3) is 0.0159. The summed E-state index contributed by atoms with van der Waals surface area (Å²) in [7, 11) is 0. The third kappa shape index (κ3) is 5.91. The first-order valence-electron chi connectivity index (χ1n) is 22.5. The molecule has 0 amide bonds. The Balaban J connectivity index is 1.08. The van der Waals surface area contributed by atoms with Crippen molar-refractivity contribution in [2.24, 2.45) is 0 Å². The zero-order chi connectivity index (χ0) is 43.7. The predicted molar refractivity (Wildman–Crippen MR) is 277 cm³/mol. The molecule has 3 heteroatoms. The van der Waals surface area contributed by atoms with Crippen molar-refractivity contribution in [3.63, 3.8) is 0 Å². The monoisotopic (exact) mass is 840 g/mol. The fourth-order valence-electron chi connectivity index (χ4n) is 10.7. The highest BCUT2D eigenvalue weighted by atomic mass is 16.3. The summed E-state index contributed by atoms with van der Waals surface area (Å²) in [6.07, 6.45) is 7.62. The van der Waals surface area contributed by atoms with Crippen LogP contribution in [0.1, 0.15) is 5.56 Å². The number of furan rings is 1. The minimum Gasteiger partial charge on any atom is -0.455 e. The van der Waals surface area contributed by atoms with E-state index in [1.807, 2.05) is 30.9 Å². The van der Waals surface area contributed by atoms with E-state index in [0.717, 1.165) is 66.4 Å². The maximum atomic E-state index is 7.16. The zero-order valence-corrected chi connectivity index (χ0v) is 36.2. The first kappa shape index (κ1) is 37.9. The third-order valence-electron chi connectivity index (χ3n) is 13.6. The van der Waals surface area contributed by atoms with E-state index in [4.69, 9.17) is 4.42 Å². The van der Waals surface area contributed by atoms with Crippen LogP contribution in [0.5, 0.6) is 0 Å². The Morgan fingerprint density at radius 1 is 0.318 bits per heavy atom. The number of aromatic nitrogens is 2. The third-order valence-corrected chi connectivity index (χ3v) is 13.6. The highest BCUT2D eigenvalue weighted by Crippen LogP contribution is 2.50. The van der Waals surface area contributed by atoms with Gasteiger partial charge in [0.1, 0.15) is 11.2 Å². The minimum atomic E-state index is 0.867. The second kappa shape index (κ2) is 15.3. The van der Waals surface area contributed by atoms with E-state index in [9.17, 15) is 0 Å². The van der Waals surface area contributed by atoms with Gasteiger partial charge in [-0.1, -0.05) is 164 Å². The van der Waals surface area contributed by atoms with E-state index >= 15 is 0 Å². The molecule has 0 bridgehead atoms. The van der Waals surface area contributed by atoms with Crippen molar-refractivity contribution in [2.45, 2.75) is 6.92 Å². The minimum absolute atomic E-state index is 0.867. The van der Waals surface area contributed by atoms with Gasteiger partial charge in [-0.25, -0.2) is 0 Å². The first-order valence-corrected chi connectivity index (χ1v) is 22.5. The van der Waals surface area contributed by atoms with Gasteiger partial charge in [0.15, 0.2) is 0 Å². The normalized spacial score (nSPS) is 11.7. The second-order valence-corrected chi connectivity index (χ2v) is 17.2. The lowest BCUT2D eigenvalue weighted by molar-refractivity contribution is 0.670. The van der Waals surface area contributed by atoms with E-state index in [1.54, 1.807) is 0 Å². The molecular formula is C63H40N2O. The van der Waals surface area contributed by atoms with Crippen molar-refractivity contribution in [3.05, 3.63) is 231 Å².